The lowest BCUT2D eigenvalue weighted by Crippen LogP contribution is -2.36. The fraction of sp³-hybridized carbons (Fsp3) is 0.476. The Bertz CT molecular complexity index is 969. The zero-order valence-corrected chi connectivity index (χ0v) is 16.9. The predicted molar refractivity (Wildman–Crippen MR) is 108 cm³/mol. The average molecular weight is 394 g/mol. The van der Waals surface area contributed by atoms with E-state index in [1.807, 2.05) is 19.1 Å². The van der Waals surface area contributed by atoms with Gasteiger partial charge in [-0.2, -0.15) is 10.1 Å². The molecule has 0 aliphatic heterocycles. The quantitative estimate of drug-likeness (QED) is 0.685. The van der Waals surface area contributed by atoms with Gasteiger partial charge in [0.2, 0.25) is 0 Å². The third-order valence-electron chi connectivity index (χ3n) is 5.35. The van der Waals surface area contributed by atoms with Gasteiger partial charge in [0, 0.05) is 18.7 Å². The number of amides is 1. The molecule has 1 N–H and O–H groups in total. The minimum absolute atomic E-state index is 0.0633. The van der Waals surface area contributed by atoms with E-state index in [0.29, 0.717) is 23.1 Å². The van der Waals surface area contributed by atoms with Crippen molar-refractivity contribution in [1.82, 2.24) is 30.2 Å². The highest BCUT2D eigenvalue weighted by Gasteiger charge is 2.20. The van der Waals surface area contributed by atoms with Gasteiger partial charge in [-0.25, -0.2) is 9.67 Å². The summed E-state index contributed by atoms with van der Waals surface area (Å²) in [6, 6.07) is 3.97. The van der Waals surface area contributed by atoms with Crippen LogP contribution in [0, 0.1) is 6.92 Å². The van der Waals surface area contributed by atoms with Gasteiger partial charge in [0.25, 0.3) is 11.8 Å². The zero-order valence-electron chi connectivity index (χ0n) is 16.9. The van der Waals surface area contributed by atoms with Crippen LogP contribution in [0.3, 0.4) is 0 Å². The molecule has 8 nitrogen and oxygen atoms in total. The summed E-state index contributed by atoms with van der Waals surface area (Å²) in [6.07, 6.45) is 10.8. The molecule has 0 spiro atoms. The molecule has 0 atom stereocenters. The lowest BCUT2D eigenvalue weighted by molar-refractivity contribution is 0.0927. The summed E-state index contributed by atoms with van der Waals surface area (Å²) in [5.74, 6) is 1.73. The summed E-state index contributed by atoms with van der Waals surface area (Å²) in [7, 11) is 0. The van der Waals surface area contributed by atoms with Crippen LogP contribution < -0.4 is 5.32 Å². The summed E-state index contributed by atoms with van der Waals surface area (Å²) in [6.45, 7) is 3.95. The van der Waals surface area contributed by atoms with Crippen molar-refractivity contribution in [3.8, 4) is 17.3 Å². The van der Waals surface area contributed by atoms with E-state index >= 15 is 0 Å². The molecule has 1 amide bonds. The Balaban J connectivity index is 1.49. The van der Waals surface area contributed by atoms with Gasteiger partial charge in [-0.15, -0.1) is 0 Å². The second-order valence-electron chi connectivity index (χ2n) is 7.53. The minimum atomic E-state index is -0.0633. The molecule has 1 saturated carbocycles. The van der Waals surface area contributed by atoms with E-state index in [4.69, 9.17) is 4.52 Å². The summed E-state index contributed by atoms with van der Waals surface area (Å²) in [5.41, 5.74) is 2.10. The third kappa shape index (κ3) is 4.21. The number of carbonyl (C=O) groups is 1. The van der Waals surface area contributed by atoms with Gasteiger partial charge in [-0.05, 0) is 38.3 Å². The number of aryl methyl sites for hydroxylation is 1. The van der Waals surface area contributed by atoms with Crippen LogP contribution in [0.2, 0.25) is 0 Å². The largest absolute Gasteiger partial charge is 0.349 e. The number of aromatic nitrogens is 5. The van der Waals surface area contributed by atoms with Gasteiger partial charge in [-0.3, -0.25) is 4.79 Å². The Kier molecular flexibility index (Phi) is 5.69. The number of nitrogens with zero attached hydrogens (tertiary/aromatic N) is 5. The number of rotatable bonds is 6. The van der Waals surface area contributed by atoms with Gasteiger partial charge in [0.1, 0.15) is 0 Å². The third-order valence-corrected chi connectivity index (χ3v) is 5.35. The Hall–Kier alpha value is -3.03. The van der Waals surface area contributed by atoms with E-state index in [1.165, 1.54) is 19.3 Å². The van der Waals surface area contributed by atoms with E-state index in [0.717, 1.165) is 36.9 Å². The lowest BCUT2D eigenvalue weighted by atomic mass is 9.95. The highest BCUT2D eigenvalue weighted by molar-refractivity contribution is 5.95. The van der Waals surface area contributed by atoms with Gasteiger partial charge < -0.3 is 9.84 Å². The number of carbonyl (C=O) groups excluding carboxylic acids is 1. The first kappa shape index (κ1) is 19.3. The van der Waals surface area contributed by atoms with E-state index in [2.05, 4.69) is 32.5 Å². The topological polar surface area (TPSA) is 98.7 Å². The smallest absolute Gasteiger partial charge is 0.259 e. The standard InChI is InChI=1S/C21H26N6O2/c1-3-7-18-25-21(29-26-18)15-10-11-19(22-12-15)27-14(2)17(13-23-27)20(28)24-16-8-5-4-6-9-16/h10-13,16H,3-9H2,1-2H3,(H,24,28). The lowest BCUT2D eigenvalue weighted by Gasteiger charge is -2.22. The molecule has 29 heavy (non-hydrogen) atoms. The molecule has 0 unspecified atom stereocenters. The summed E-state index contributed by atoms with van der Waals surface area (Å²) in [4.78, 5) is 21.5. The average Bonchev–Trinajstić information content (AvgIpc) is 3.36. The minimum Gasteiger partial charge on any atom is -0.349 e. The maximum absolute atomic E-state index is 12.7. The Morgan fingerprint density at radius 2 is 2.07 bits per heavy atom. The van der Waals surface area contributed by atoms with Crippen molar-refractivity contribution in [1.29, 1.82) is 0 Å². The van der Waals surface area contributed by atoms with Crippen LogP contribution in [0.4, 0.5) is 0 Å². The molecular formula is C21H26N6O2. The van der Waals surface area contributed by atoms with Gasteiger partial charge in [0.15, 0.2) is 11.6 Å². The van der Waals surface area contributed by atoms with Crippen molar-refractivity contribution < 1.29 is 9.32 Å². The van der Waals surface area contributed by atoms with Gasteiger partial charge >= 0.3 is 0 Å². The molecule has 0 radical (unpaired) electrons. The predicted octanol–water partition coefficient (Wildman–Crippen LogP) is 3.64. The van der Waals surface area contributed by atoms with E-state index in [1.54, 1.807) is 17.1 Å². The Labute approximate surface area is 169 Å². The number of nitrogens with one attached hydrogen (secondary N) is 1. The molecule has 1 aliphatic rings. The molecule has 8 heteroatoms. The van der Waals surface area contributed by atoms with Crippen LogP contribution in [0.15, 0.2) is 29.0 Å². The fourth-order valence-corrected chi connectivity index (χ4v) is 3.71. The molecule has 1 aliphatic carbocycles. The van der Waals surface area contributed by atoms with Crippen molar-refractivity contribution in [3.05, 3.63) is 41.6 Å². The second kappa shape index (κ2) is 8.55. The molecule has 3 heterocycles. The SMILES string of the molecule is CCCc1noc(-c2ccc(-n3ncc(C(=O)NC4CCCCC4)c3C)nc2)n1. The molecule has 1 fully saturated rings. The van der Waals surface area contributed by atoms with Crippen molar-refractivity contribution >= 4 is 5.91 Å². The van der Waals surface area contributed by atoms with Crippen LogP contribution >= 0.6 is 0 Å². The first-order chi connectivity index (χ1) is 14.2. The molecule has 4 rings (SSSR count). The highest BCUT2D eigenvalue weighted by Crippen LogP contribution is 2.21. The molecule has 0 saturated heterocycles. The number of pyridine rings is 1. The summed E-state index contributed by atoms with van der Waals surface area (Å²) >= 11 is 0. The van der Waals surface area contributed by atoms with Crippen LogP contribution in [0.1, 0.15) is 67.3 Å². The fourth-order valence-electron chi connectivity index (χ4n) is 3.71. The number of hydrogen-bond acceptors (Lipinski definition) is 6. The van der Waals surface area contributed by atoms with Crippen LogP contribution in [-0.4, -0.2) is 36.9 Å². The molecule has 3 aromatic heterocycles. The van der Waals surface area contributed by atoms with E-state index in [-0.39, 0.29) is 11.9 Å². The zero-order chi connectivity index (χ0) is 20.2. The van der Waals surface area contributed by atoms with Crippen molar-refractivity contribution in [2.24, 2.45) is 0 Å². The normalized spacial score (nSPS) is 14.8. The maximum atomic E-state index is 12.7. The second-order valence-corrected chi connectivity index (χ2v) is 7.53. The first-order valence-electron chi connectivity index (χ1n) is 10.3. The van der Waals surface area contributed by atoms with E-state index in [9.17, 15) is 4.79 Å². The highest BCUT2D eigenvalue weighted by atomic mass is 16.5. The van der Waals surface area contributed by atoms with Crippen molar-refractivity contribution in [2.75, 3.05) is 0 Å². The monoisotopic (exact) mass is 394 g/mol. The molecule has 0 bridgehead atoms. The van der Waals surface area contributed by atoms with Crippen LogP contribution in [-0.2, 0) is 6.42 Å². The molecule has 3 aromatic rings. The molecule has 152 valence electrons. The van der Waals surface area contributed by atoms with Gasteiger partial charge in [0.05, 0.1) is 23.0 Å². The van der Waals surface area contributed by atoms with Crippen molar-refractivity contribution in [2.45, 2.75) is 64.8 Å². The number of hydrogen-bond donors (Lipinski definition) is 1. The molecular weight excluding hydrogens is 368 g/mol. The van der Waals surface area contributed by atoms with Crippen molar-refractivity contribution in [3.63, 3.8) is 0 Å². The molecule has 0 aromatic carbocycles. The first-order valence-corrected chi connectivity index (χ1v) is 10.3. The summed E-state index contributed by atoms with van der Waals surface area (Å²) in [5, 5.41) is 11.5. The Morgan fingerprint density at radius 1 is 1.24 bits per heavy atom. The van der Waals surface area contributed by atoms with Crippen LogP contribution in [0.25, 0.3) is 17.3 Å². The van der Waals surface area contributed by atoms with E-state index < -0.39 is 0 Å². The van der Waals surface area contributed by atoms with Crippen LogP contribution in [0.5, 0.6) is 0 Å². The maximum Gasteiger partial charge on any atom is 0.259 e. The summed E-state index contributed by atoms with van der Waals surface area (Å²) < 4.78 is 6.98. The Morgan fingerprint density at radius 3 is 2.79 bits per heavy atom. The van der Waals surface area contributed by atoms with Gasteiger partial charge in [-0.1, -0.05) is 31.3 Å².